The maximum absolute atomic E-state index is 14.0. The summed E-state index contributed by atoms with van der Waals surface area (Å²) in [6.07, 6.45) is 3.64. The molecule has 1 aromatic heterocycles. The Balaban J connectivity index is 1.58. The highest BCUT2D eigenvalue weighted by Crippen LogP contribution is 2.42. The zero-order chi connectivity index (χ0) is 27.1. The van der Waals surface area contributed by atoms with E-state index in [4.69, 9.17) is 19.2 Å². The maximum atomic E-state index is 14.0. The molecule has 1 atom stereocenters. The Kier molecular flexibility index (Phi) is 6.91. The topological polar surface area (TPSA) is 62.0 Å². The molecular weight excluding hydrogens is 576 g/mol. The summed E-state index contributed by atoms with van der Waals surface area (Å²) in [6.45, 7) is 2.45. The molecule has 0 amide bonds. The van der Waals surface area contributed by atoms with Gasteiger partial charge in [0, 0.05) is 5.56 Å². The number of ether oxygens (including phenoxy) is 3. The van der Waals surface area contributed by atoms with Gasteiger partial charge in [-0.05, 0) is 88.3 Å². The molecule has 0 unspecified atom stereocenters. The van der Waals surface area contributed by atoms with E-state index in [0.29, 0.717) is 27.4 Å². The molecule has 0 bridgehead atoms. The van der Waals surface area contributed by atoms with E-state index in [2.05, 4.69) is 46.3 Å². The van der Waals surface area contributed by atoms with Gasteiger partial charge in [-0.15, -0.1) is 0 Å². The van der Waals surface area contributed by atoms with E-state index < -0.39 is 0 Å². The number of nitrogens with zero attached hydrogens (tertiary/aromatic N) is 2. The molecule has 0 saturated carbocycles. The van der Waals surface area contributed by atoms with Crippen LogP contribution in [0.5, 0.6) is 17.2 Å². The summed E-state index contributed by atoms with van der Waals surface area (Å²) in [4.78, 5) is 19.8. The van der Waals surface area contributed by atoms with Crippen molar-refractivity contribution >= 4 is 39.0 Å². The van der Waals surface area contributed by atoms with Crippen LogP contribution in [0, 0.1) is 0 Å². The molecule has 4 aromatic rings. The van der Waals surface area contributed by atoms with E-state index in [-0.39, 0.29) is 11.6 Å². The highest BCUT2D eigenvalue weighted by Gasteiger charge is 2.32. The van der Waals surface area contributed by atoms with Gasteiger partial charge < -0.3 is 14.2 Å². The Morgan fingerprint density at radius 2 is 1.92 bits per heavy atom. The molecule has 2 heterocycles. The van der Waals surface area contributed by atoms with Crippen LogP contribution in [-0.2, 0) is 6.42 Å². The Morgan fingerprint density at radius 3 is 2.72 bits per heavy atom. The van der Waals surface area contributed by atoms with Crippen molar-refractivity contribution in [2.75, 3.05) is 20.8 Å². The molecule has 1 aliphatic carbocycles. The molecule has 0 saturated heterocycles. The number of aromatic nitrogens is 1. The zero-order valence-corrected chi connectivity index (χ0v) is 24.3. The molecule has 0 fully saturated rings. The summed E-state index contributed by atoms with van der Waals surface area (Å²) in [5, 5.41) is 0. The Morgan fingerprint density at radius 1 is 1.08 bits per heavy atom. The van der Waals surface area contributed by atoms with Gasteiger partial charge in [0.15, 0.2) is 16.3 Å². The van der Waals surface area contributed by atoms with Gasteiger partial charge in [0.2, 0.25) is 0 Å². The van der Waals surface area contributed by atoms with Crippen molar-refractivity contribution in [1.82, 2.24) is 4.57 Å². The summed E-state index contributed by atoms with van der Waals surface area (Å²) in [7, 11) is 3.27. The Bertz CT molecular complexity index is 1800. The van der Waals surface area contributed by atoms with Crippen molar-refractivity contribution in [1.29, 1.82) is 0 Å². The summed E-state index contributed by atoms with van der Waals surface area (Å²) in [5.74, 6) is 2.01. The van der Waals surface area contributed by atoms with Crippen LogP contribution in [0.25, 0.3) is 11.8 Å². The lowest BCUT2D eigenvalue weighted by Gasteiger charge is -2.31. The van der Waals surface area contributed by atoms with E-state index in [0.717, 1.165) is 51.0 Å². The van der Waals surface area contributed by atoms with Crippen LogP contribution in [0.2, 0.25) is 0 Å². The van der Waals surface area contributed by atoms with Crippen LogP contribution in [0.1, 0.15) is 41.6 Å². The van der Waals surface area contributed by atoms with Gasteiger partial charge in [0.25, 0.3) is 5.56 Å². The fourth-order valence-electron chi connectivity index (χ4n) is 5.39. The van der Waals surface area contributed by atoms with Gasteiger partial charge >= 0.3 is 0 Å². The average molecular weight is 604 g/mol. The van der Waals surface area contributed by atoms with Crippen molar-refractivity contribution in [2.24, 2.45) is 4.99 Å². The van der Waals surface area contributed by atoms with E-state index in [1.807, 2.05) is 47.9 Å². The summed E-state index contributed by atoms with van der Waals surface area (Å²) in [6, 6.07) is 20.0. The van der Waals surface area contributed by atoms with E-state index in [9.17, 15) is 4.79 Å². The average Bonchev–Trinajstić information content (AvgIpc) is 3.27. The highest BCUT2D eigenvalue weighted by molar-refractivity contribution is 9.10. The summed E-state index contributed by atoms with van der Waals surface area (Å²) < 4.78 is 20.1. The van der Waals surface area contributed by atoms with Crippen LogP contribution in [0.15, 0.2) is 80.5 Å². The normalized spacial score (nSPS) is 16.2. The molecule has 198 valence electrons. The first-order chi connectivity index (χ1) is 19.0. The second kappa shape index (κ2) is 10.5. The first kappa shape index (κ1) is 25.6. The Hall–Kier alpha value is -3.62. The molecule has 6 nitrogen and oxygen atoms in total. The first-order valence-corrected chi connectivity index (χ1v) is 14.4. The molecule has 0 spiro atoms. The van der Waals surface area contributed by atoms with Gasteiger partial charge in [0.05, 0.1) is 41.6 Å². The van der Waals surface area contributed by atoms with Crippen molar-refractivity contribution in [3.05, 3.63) is 113 Å². The van der Waals surface area contributed by atoms with Crippen LogP contribution < -0.4 is 29.1 Å². The lowest BCUT2D eigenvalue weighted by Crippen LogP contribution is -2.38. The summed E-state index contributed by atoms with van der Waals surface area (Å²) >= 11 is 5.00. The molecule has 0 N–H and O–H groups in total. The lowest BCUT2D eigenvalue weighted by molar-refractivity contribution is 0.309. The van der Waals surface area contributed by atoms with Crippen molar-refractivity contribution in [3.63, 3.8) is 0 Å². The van der Waals surface area contributed by atoms with Crippen molar-refractivity contribution in [2.45, 2.75) is 25.8 Å². The highest BCUT2D eigenvalue weighted by atomic mass is 79.9. The largest absolute Gasteiger partial charge is 0.497 e. The number of hydrogen-bond acceptors (Lipinski definition) is 6. The number of thiazole rings is 1. The number of rotatable bonds is 6. The van der Waals surface area contributed by atoms with Gasteiger partial charge in [-0.3, -0.25) is 9.36 Å². The number of halogens is 1. The second-order valence-electron chi connectivity index (χ2n) is 9.36. The predicted octanol–water partition coefficient (Wildman–Crippen LogP) is 5.50. The van der Waals surface area contributed by atoms with Crippen LogP contribution >= 0.6 is 27.3 Å². The van der Waals surface area contributed by atoms with Crippen molar-refractivity contribution < 1.29 is 14.2 Å². The molecule has 0 radical (unpaired) electrons. The van der Waals surface area contributed by atoms with Crippen LogP contribution in [-0.4, -0.2) is 25.4 Å². The number of aryl methyl sites for hydroxylation is 1. The monoisotopic (exact) mass is 602 g/mol. The summed E-state index contributed by atoms with van der Waals surface area (Å²) in [5.41, 5.74) is 6.34. The molecule has 8 heteroatoms. The number of hydrogen-bond donors (Lipinski definition) is 0. The van der Waals surface area contributed by atoms with Gasteiger partial charge in [0.1, 0.15) is 5.75 Å². The molecule has 1 aliphatic heterocycles. The van der Waals surface area contributed by atoms with Crippen molar-refractivity contribution in [3.8, 4) is 17.2 Å². The van der Waals surface area contributed by atoms with E-state index in [1.165, 1.54) is 16.9 Å². The predicted molar refractivity (Wildman–Crippen MR) is 158 cm³/mol. The van der Waals surface area contributed by atoms with E-state index in [1.54, 1.807) is 14.2 Å². The maximum Gasteiger partial charge on any atom is 0.271 e. The zero-order valence-electron chi connectivity index (χ0n) is 21.9. The minimum absolute atomic E-state index is 0.0686. The number of fused-ring (bicyclic) bond motifs is 3. The minimum Gasteiger partial charge on any atom is -0.497 e. The fourth-order valence-corrected chi connectivity index (χ4v) is 6.97. The number of methoxy groups -OCH3 is 2. The smallest absolute Gasteiger partial charge is 0.271 e. The lowest BCUT2D eigenvalue weighted by atomic mass is 9.83. The minimum atomic E-state index is -0.261. The quantitative estimate of drug-likeness (QED) is 0.292. The Labute approximate surface area is 238 Å². The van der Waals surface area contributed by atoms with Gasteiger partial charge in [-0.2, -0.15) is 0 Å². The third-order valence-corrected chi connectivity index (χ3v) is 8.69. The first-order valence-electron chi connectivity index (χ1n) is 12.8. The van der Waals surface area contributed by atoms with Gasteiger partial charge in [-0.25, -0.2) is 4.99 Å². The standard InChI is InChI=1S/C31H27BrN2O4S/c1-4-38-29-24(32)14-18(15-25(29)37-3)16-26-30(35)34-28(20-9-7-10-21(17-20)36-2)23-13-12-19-8-5-6-11-22(19)27(23)33-31(34)39-26/h5-11,14-17,28H,4,12-13H2,1-3H3/b26-16+/t28-/m1/s1. The van der Waals surface area contributed by atoms with Crippen LogP contribution in [0.4, 0.5) is 0 Å². The van der Waals surface area contributed by atoms with Crippen LogP contribution in [0.3, 0.4) is 0 Å². The SMILES string of the molecule is CCOc1c(Br)cc(/C=c2/sc3n(c2=O)[C@H](c2cccc(OC)c2)C2=C(N=3)c3ccccc3CC2)cc1OC. The molecular formula is C31H27BrN2O4S. The number of benzene rings is 3. The molecule has 39 heavy (non-hydrogen) atoms. The third kappa shape index (κ3) is 4.51. The van der Waals surface area contributed by atoms with E-state index >= 15 is 0 Å². The van der Waals surface area contributed by atoms with Gasteiger partial charge in [-0.1, -0.05) is 47.7 Å². The second-order valence-corrected chi connectivity index (χ2v) is 11.2. The third-order valence-electron chi connectivity index (χ3n) is 7.12. The molecule has 3 aromatic carbocycles. The number of allylic oxidation sites excluding steroid dienone is 1. The molecule has 2 aliphatic rings. The molecule has 6 rings (SSSR count). The fraction of sp³-hybridized carbons (Fsp3) is 0.226.